The van der Waals surface area contributed by atoms with E-state index in [1.807, 2.05) is 0 Å². The zero-order valence-electron chi connectivity index (χ0n) is 7.19. The first-order valence-electron chi connectivity index (χ1n) is 2.76. The van der Waals surface area contributed by atoms with Crippen molar-refractivity contribution in [2.45, 2.75) is 6.42 Å². The Morgan fingerprint density at radius 1 is 1.64 bits per heavy atom. The van der Waals surface area contributed by atoms with Gasteiger partial charge in [0.25, 0.3) is 0 Å². The molecule has 4 nitrogen and oxygen atoms in total. The van der Waals surface area contributed by atoms with Gasteiger partial charge in [-0.2, -0.15) is 10.2 Å². The molecule has 0 atom stereocenters. The number of aromatic nitrogens is 2. The molecular formula is C6H7N2NaO2. The predicted octanol–water partition coefficient (Wildman–Crippen LogP) is -2.78. The Morgan fingerprint density at radius 2 is 2.36 bits per heavy atom. The maximum absolute atomic E-state index is 10.1. The average molecular weight is 162 g/mol. The molecule has 0 radical (unpaired) electrons. The van der Waals surface area contributed by atoms with E-state index in [4.69, 9.17) is 5.11 Å². The minimum Gasteiger partial charge on any atom is -1.00 e. The summed E-state index contributed by atoms with van der Waals surface area (Å²) in [6.07, 6.45) is 2.92. The zero-order chi connectivity index (χ0) is 7.40. The Kier molecular flexibility index (Phi) is 5.02. The molecule has 1 aromatic heterocycles. The van der Waals surface area contributed by atoms with Crippen molar-refractivity contribution in [3.63, 3.8) is 0 Å². The number of carbonyl (C=O) groups is 1. The normalized spacial score (nSPS) is 8.36. The Morgan fingerprint density at radius 3 is 2.82 bits per heavy atom. The Balaban J connectivity index is 0. The van der Waals surface area contributed by atoms with Crippen LogP contribution in [-0.2, 0) is 11.2 Å². The maximum atomic E-state index is 10.1. The van der Waals surface area contributed by atoms with E-state index in [2.05, 4.69) is 10.2 Å². The summed E-state index contributed by atoms with van der Waals surface area (Å²) in [5.74, 6) is -0.854. The summed E-state index contributed by atoms with van der Waals surface area (Å²) in [6, 6.07) is 1.63. The molecule has 1 aromatic rings. The van der Waals surface area contributed by atoms with E-state index in [9.17, 15) is 4.79 Å². The second-order valence-electron chi connectivity index (χ2n) is 1.82. The van der Waals surface area contributed by atoms with Crippen LogP contribution in [0.4, 0.5) is 0 Å². The molecule has 0 saturated heterocycles. The van der Waals surface area contributed by atoms with Crippen LogP contribution in [0.1, 0.15) is 6.99 Å². The summed E-state index contributed by atoms with van der Waals surface area (Å²) in [6.45, 7) is 0. The summed E-state index contributed by atoms with van der Waals surface area (Å²) in [4.78, 5) is 10.1. The fourth-order valence-corrected chi connectivity index (χ4v) is 0.597. The summed E-state index contributed by atoms with van der Waals surface area (Å²) in [5, 5.41) is 15.4. The van der Waals surface area contributed by atoms with Gasteiger partial charge >= 0.3 is 35.5 Å². The number of rotatable bonds is 2. The molecule has 0 aliphatic heterocycles. The van der Waals surface area contributed by atoms with Gasteiger partial charge < -0.3 is 6.53 Å². The Bertz CT molecular complexity index is 232. The van der Waals surface area contributed by atoms with Gasteiger partial charge in [0.1, 0.15) is 0 Å². The van der Waals surface area contributed by atoms with Crippen molar-refractivity contribution in [1.29, 1.82) is 0 Å². The second kappa shape index (κ2) is 5.23. The molecule has 54 valence electrons. The molecule has 5 heteroatoms. The molecule has 1 rings (SSSR count). The molecule has 0 aliphatic carbocycles. The van der Waals surface area contributed by atoms with Gasteiger partial charge in [-0.15, -0.1) is 0 Å². The Hall–Kier alpha value is -0.450. The monoisotopic (exact) mass is 162 g/mol. The van der Waals surface area contributed by atoms with Crippen LogP contribution in [0.2, 0.25) is 0 Å². The van der Waals surface area contributed by atoms with Crippen LogP contribution in [0.25, 0.3) is 0 Å². The quantitative estimate of drug-likeness (QED) is 0.478. The van der Waals surface area contributed by atoms with Gasteiger partial charge in [0.2, 0.25) is 0 Å². The van der Waals surface area contributed by atoms with Gasteiger partial charge in [0.15, 0.2) is 0 Å². The zero-order valence-corrected chi connectivity index (χ0v) is 8.19. The first-order valence-corrected chi connectivity index (χ1v) is 2.76. The standard InChI is InChI=1S/C6H6N2O2.Na.H/c9-6(10)3-5-1-2-7-8-4-5;;/h1-2,4H,3H2,(H,9,10);;/q;+1;-1. The van der Waals surface area contributed by atoms with Crippen LogP contribution in [0.3, 0.4) is 0 Å². The fraction of sp³-hybridized carbons (Fsp3) is 0.167. The van der Waals surface area contributed by atoms with Crippen molar-refractivity contribution in [1.82, 2.24) is 10.2 Å². The second-order valence-corrected chi connectivity index (χ2v) is 1.82. The third-order valence-corrected chi connectivity index (χ3v) is 1.00. The van der Waals surface area contributed by atoms with E-state index in [1.54, 1.807) is 6.07 Å². The van der Waals surface area contributed by atoms with Crippen LogP contribution >= 0.6 is 0 Å². The third-order valence-electron chi connectivity index (χ3n) is 1.00. The molecular weight excluding hydrogens is 155 g/mol. The molecule has 0 saturated carbocycles. The van der Waals surface area contributed by atoms with Crippen LogP contribution < -0.4 is 29.6 Å². The predicted molar refractivity (Wildman–Crippen MR) is 34.5 cm³/mol. The molecule has 0 unspecified atom stereocenters. The van der Waals surface area contributed by atoms with Crippen molar-refractivity contribution in [3.05, 3.63) is 24.0 Å². The minimum absolute atomic E-state index is 0. The van der Waals surface area contributed by atoms with E-state index in [-0.39, 0.29) is 37.4 Å². The van der Waals surface area contributed by atoms with E-state index in [1.165, 1.54) is 12.4 Å². The number of hydrogen-bond acceptors (Lipinski definition) is 3. The molecule has 1 heterocycles. The molecule has 0 bridgehead atoms. The van der Waals surface area contributed by atoms with Gasteiger partial charge in [-0.3, -0.25) is 4.79 Å². The van der Waals surface area contributed by atoms with Crippen LogP contribution in [0.15, 0.2) is 18.5 Å². The molecule has 0 spiro atoms. The van der Waals surface area contributed by atoms with E-state index in [0.29, 0.717) is 5.56 Å². The van der Waals surface area contributed by atoms with Crippen molar-refractivity contribution >= 4 is 5.97 Å². The summed E-state index contributed by atoms with van der Waals surface area (Å²) >= 11 is 0. The van der Waals surface area contributed by atoms with Gasteiger partial charge in [-0.1, -0.05) is 0 Å². The van der Waals surface area contributed by atoms with E-state index < -0.39 is 5.97 Å². The summed E-state index contributed by atoms with van der Waals surface area (Å²) in [7, 11) is 0. The van der Waals surface area contributed by atoms with Crippen LogP contribution in [0.5, 0.6) is 0 Å². The SMILES string of the molecule is O=C(O)Cc1ccnnc1.[H-].[Na+]. The smallest absolute Gasteiger partial charge is 1.00 e. The van der Waals surface area contributed by atoms with Crippen molar-refractivity contribution in [2.75, 3.05) is 0 Å². The third kappa shape index (κ3) is 4.08. The molecule has 0 amide bonds. The molecule has 0 aliphatic rings. The number of hydrogen-bond donors (Lipinski definition) is 1. The maximum Gasteiger partial charge on any atom is 1.00 e. The van der Waals surface area contributed by atoms with Gasteiger partial charge in [-0.25, -0.2) is 0 Å². The number of nitrogens with zero attached hydrogens (tertiary/aromatic N) is 2. The van der Waals surface area contributed by atoms with Crippen molar-refractivity contribution in [2.24, 2.45) is 0 Å². The first kappa shape index (κ1) is 10.6. The molecule has 11 heavy (non-hydrogen) atoms. The van der Waals surface area contributed by atoms with Gasteiger partial charge in [0.05, 0.1) is 12.6 Å². The molecule has 0 fully saturated rings. The van der Waals surface area contributed by atoms with Crippen molar-refractivity contribution in [3.8, 4) is 0 Å². The Labute approximate surface area is 87.4 Å². The largest absolute Gasteiger partial charge is 1.00 e. The minimum atomic E-state index is -0.854. The first-order chi connectivity index (χ1) is 4.79. The molecule has 0 aromatic carbocycles. The summed E-state index contributed by atoms with van der Waals surface area (Å²) in [5.41, 5.74) is 0.669. The average Bonchev–Trinajstić information content (AvgIpc) is 1.88. The number of aliphatic carboxylic acids is 1. The van der Waals surface area contributed by atoms with E-state index in [0.717, 1.165) is 0 Å². The number of carboxylic acids is 1. The fourth-order valence-electron chi connectivity index (χ4n) is 0.597. The van der Waals surface area contributed by atoms with Gasteiger partial charge in [0, 0.05) is 6.20 Å². The van der Waals surface area contributed by atoms with Crippen molar-refractivity contribution < 1.29 is 40.9 Å². The van der Waals surface area contributed by atoms with Crippen LogP contribution in [-0.4, -0.2) is 21.3 Å². The topological polar surface area (TPSA) is 63.1 Å². The number of carboxylic acid groups (broad SMARTS) is 1. The summed E-state index contributed by atoms with van der Waals surface area (Å²) < 4.78 is 0. The van der Waals surface area contributed by atoms with Gasteiger partial charge in [-0.05, 0) is 11.6 Å². The molecule has 1 N–H and O–H groups in total. The van der Waals surface area contributed by atoms with Crippen LogP contribution in [0, 0.1) is 0 Å². The van der Waals surface area contributed by atoms with E-state index >= 15 is 0 Å².